The molecule has 0 bridgehead atoms. The smallest absolute Gasteiger partial charge is 0.237 e. The topological polar surface area (TPSA) is 20.3 Å². The molecule has 1 heterocycles. The van der Waals surface area contributed by atoms with Gasteiger partial charge in [0, 0.05) is 24.4 Å². The monoisotopic (exact) mass is 231 g/mol. The molecular weight excluding hydrogens is 218 g/mol. The fraction of sp³-hybridized carbons (Fsp3) is 0.500. The van der Waals surface area contributed by atoms with Crippen molar-refractivity contribution in [2.75, 3.05) is 12.9 Å². The average Bonchev–Trinajstić information content (AvgIpc) is 2.68. The molecule has 1 amide bonds. The summed E-state index contributed by atoms with van der Waals surface area (Å²) < 4.78 is 0. The van der Waals surface area contributed by atoms with E-state index in [0.29, 0.717) is 0 Å². The molecule has 0 fully saturated rings. The van der Waals surface area contributed by atoms with Gasteiger partial charge < -0.3 is 4.90 Å². The lowest BCUT2D eigenvalue weighted by Gasteiger charge is -2.23. The Kier molecular flexibility index (Phi) is 4.42. The van der Waals surface area contributed by atoms with E-state index in [9.17, 15) is 4.79 Å². The number of thiophene rings is 1. The normalized spacial score (nSPS) is 12.5. The Labute approximate surface area is 93.5 Å². The Morgan fingerprint density at radius 2 is 2.43 bits per heavy atom. The number of amides is 1. The van der Waals surface area contributed by atoms with Crippen LogP contribution in [0.4, 0.5) is 0 Å². The number of alkyl halides is 1. The minimum Gasteiger partial charge on any atom is -0.342 e. The molecule has 0 saturated heterocycles. The molecule has 1 aromatic heterocycles. The zero-order valence-corrected chi connectivity index (χ0v) is 9.94. The lowest BCUT2D eigenvalue weighted by molar-refractivity contribution is -0.128. The molecule has 1 unspecified atom stereocenters. The lowest BCUT2D eigenvalue weighted by Crippen LogP contribution is -2.37. The lowest BCUT2D eigenvalue weighted by atomic mass is 10.2. The van der Waals surface area contributed by atoms with E-state index in [-0.39, 0.29) is 17.8 Å². The molecule has 0 spiro atoms. The fourth-order valence-electron chi connectivity index (χ4n) is 1.20. The second-order valence-electron chi connectivity index (χ2n) is 3.27. The van der Waals surface area contributed by atoms with Gasteiger partial charge in [0.05, 0.1) is 0 Å². The van der Waals surface area contributed by atoms with Crippen molar-refractivity contribution in [3.8, 4) is 0 Å². The van der Waals surface area contributed by atoms with Gasteiger partial charge in [-0.05, 0) is 18.4 Å². The molecule has 2 nitrogen and oxygen atoms in total. The summed E-state index contributed by atoms with van der Waals surface area (Å²) in [7, 11) is 1.79. The number of nitrogens with zero attached hydrogens (tertiary/aromatic N) is 1. The van der Waals surface area contributed by atoms with E-state index in [1.54, 1.807) is 23.3 Å². The Hall–Kier alpha value is -0.540. The summed E-state index contributed by atoms with van der Waals surface area (Å²) in [5.41, 5.74) is 0. The van der Waals surface area contributed by atoms with E-state index in [4.69, 9.17) is 11.6 Å². The molecule has 14 heavy (non-hydrogen) atoms. The van der Waals surface area contributed by atoms with Crippen molar-refractivity contribution in [1.29, 1.82) is 0 Å². The van der Waals surface area contributed by atoms with Crippen LogP contribution in [-0.2, 0) is 11.2 Å². The maximum absolute atomic E-state index is 11.3. The fourth-order valence-corrected chi connectivity index (χ4v) is 2.21. The summed E-state index contributed by atoms with van der Waals surface area (Å²) in [6, 6.07) is 4.32. The second kappa shape index (κ2) is 5.37. The van der Waals surface area contributed by atoms with Crippen molar-refractivity contribution in [2.45, 2.75) is 19.4 Å². The van der Waals surface area contributed by atoms with E-state index in [2.05, 4.69) is 6.07 Å². The van der Waals surface area contributed by atoms with Crippen LogP contribution in [0.5, 0.6) is 0 Å². The van der Waals surface area contributed by atoms with Crippen LogP contribution < -0.4 is 0 Å². The van der Waals surface area contributed by atoms with Gasteiger partial charge >= 0.3 is 0 Å². The third-order valence-electron chi connectivity index (χ3n) is 2.25. The Bertz CT molecular complexity index is 286. The Morgan fingerprint density at radius 3 is 2.93 bits per heavy atom. The molecule has 0 N–H and O–H groups in total. The van der Waals surface area contributed by atoms with Gasteiger partial charge in [-0.1, -0.05) is 6.07 Å². The number of likely N-dealkylation sites (N-methyl/N-ethyl adjacent to an activating group) is 1. The molecule has 4 heteroatoms. The molecule has 0 aliphatic heterocycles. The van der Waals surface area contributed by atoms with Crippen LogP contribution in [0.25, 0.3) is 0 Å². The van der Waals surface area contributed by atoms with Crippen LogP contribution in [0.15, 0.2) is 17.5 Å². The zero-order valence-electron chi connectivity index (χ0n) is 8.37. The van der Waals surface area contributed by atoms with E-state index in [0.717, 1.165) is 6.42 Å². The number of hydrogen-bond acceptors (Lipinski definition) is 2. The molecule has 0 aliphatic rings. The molecule has 0 aromatic carbocycles. The maximum Gasteiger partial charge on any atom is 0.237 e. The van der Waals surface area contributed by atoms with E-state index in [1.807, 2.05) is 18.4 Å². The minimum atomic E-state index is -0.0178. The first-order valence-electron chi connectivity index (χ1n) is 4.49. The van der Waals surface area contributed by atoms with Crippen LogP contribution in [0, 0.1) is 0 Å². The van der Waals surface area contributed by atoms with E-state index >= 15 is 0 Å². The predicted molar refractivity (Wildman–Crippen MR) is 61.0 cm³/mol. The quantitative estimate of drug-likeness (QED) is 0.729. The van der Waals surface area contributed by atoms with Gasteiger partial charge in [-0.25, -0.2) is 0 Å². The third kappa shape index (κ3) is 3.00. The summed E-state index contributed by atoms with van der Waals surface area (Å²) in [6.07, 6.45) is 0.900. The van der Waals surface area contributed by atoms with Crippen molar-refractivity contribution in [3.05, 3.63) is 22.4 Å². The number of hydrogen-bond donors (Lipinski definition) is 0. The largest absolute Gasteiger partial charge is 0.342 e. The molecule has 1 rings (SSSR count). The highest BCUT2D eigenvalue weighted by molar-refractivity contribution is 7.09. The Balaban J connectivity index is 2.49. The average molecular weight is 232 g/mol. The van der Waals surface area contributed by atoms with E-state index in [1.165, 1.54) is 4.88 Å². The minimum absolute atomic E-state index is 0.0178. The second-order valence-corrected chi connectivity index (χ2v) is 4.57. The molecule has 0 saturated carbocycles. The highest BCUT2D eigenvalue weighted by Gasteiger charge is 2.14. The maximum atomic E-state index is 11.3. The van der Waals surface area contributed by atoms with Gasteiger partial charge in [-0.2, -0.15) is 0 Å². The number of carbonyl (C=O) groups excluding carboxylic acids is 1. The van der Waals surface area contributed by atoms with Gasteiger partial charge in [0.2, 0.25) is 5.91 Å². The molecule has 0 radical (unpaired) electrons. The summed E-state index contributed by atoms with van der Waals surface area (Å²) in [5, 5.41) is 2.05. The zero-order chi connectivity index (χ0) is 10.6. The summed E-state index contributed by atoms with van der Waals surface area (Å²) in [4.78, 5) is 14.3. The first kappa shape index (κ1) is 11.5. The van der Waals surface area contributed by atoms with Crippen LogP contribution in [0.2, 0.25) is 0 Å². The summed E-state index contributed by atoms with van der Waals surface area (Å²) in [5.74, 6) is 0.0429. The molecule has 78 valence electrons. The first-order valence-corrected chi connectivity index (χ1v) is 5.90. The van der Waals surface area contributed by atoms with Crippen molar-refractivity contribution in [2.24, 2.45) is 0 Å². The summed E-state index contributed by atoms with van der Waals surface area (Å²) in [6.45, 7) is 2.03. The van der Waals surface area contributed by atoms with Crippen LogP contribution >= 0.6 is 22.9 Å². The first-order chi connectivity index (χ1) is 6.65. The number of halogens is 1. The highest BCUT2D eigenvalue weighted by Crippen LogP contribution is 2.13. The van der Waals surface area contributed by atoms with Gasteiger partial charge in [0.1, 0.15) is 5.88 Å². The molecule has 1 aromatic rings. The van der Waals surface area contributed by atoms with Crippen molar-refractivity contribution in [3.63, 3.8) is 0 Å². The van der Waals surface area contributed by atoms with Crippen molar-refractivity contribution >= 4 is 28.8 Å². The standard InChI is InChI=1S/C10H14ClNOS/c1-8(12(2)10(13)7-11)6-9-4-3-5-14-9/h3-5,8H,6-7H2,1-2H3. The SMILES string of the molecule is CC(Cc1cccs1)N(C)C(=O)CCl. The Morgan fingerprint density at radius 1 is 1.71 bits per heavy atom. The van der Waals surface area contributed by atoms with Gasteiger partial charge in [-0.15, -0.1) is 22.9 Å². The molecule has 1 atom stereocenters. The third-order valence-corrected chi connectivity index (χ3v) is 3.37. The van der Waals surface area contributed by atoms with Gasteiger partial charge in [-0.3, -0.25) is 4.79 Å². The van der Waals surface area contributed by atoms with Crippen molar-refractivity contribution < 1.29 is 4.79 Å². The molecule has 0 aliphatic carbocycles. The van der Waals surface area contributed by atoms with E-state index < -0.39 is 0 Å². The van der Waals surface area contributed by atoms with Gasteiger partial charge in [0.15, 0.2) is 0 Å². The highest BCUT2D eigenvalue weighted by atomic mass is 35.5. The summed E-state index contributed by atoms with van der Waals surface area (Å²) >= 11 is 7.20. The van der Waals surface area contributed by atoms with Crippen LogP contribution in [0.3, 0.4) is 0 Å². The number of carbonyl (C=O) groups is 1. The van der Waals surface area contributed by atoms with Crippen LogP contribution in [0.1, 0.15) is 11.8 Å². The molecular formula is C10H14ClNOS. The van der Waals surface area contributed by atoms with Crippen LogP contribution in [-0.4, -0.2) is 29.8 Å². The van der Waals surface area contributed by atoms with Gasteiger partial charge in [0.25, 0.3) is 0 Å². The van der Waals surface area contributed by atoms with Crippen molar-refractivity contribution in [1.82, 2.24) is 4.90 Å². The predicted octanol–water partition coefficient (Wildman–Crippen LogP) is 2.38. The number of rotatable bonds is 4.